The van der Waals surface area contributed by atoms with Gasteiger partial charge >= 0.3 is 0 Å². The Morgan fingerprint density at radius 1 is 1.33 bits per heavy atom. The van der Waals surface area contributed by atoms with Crippen molar-refractivity contribution >= 4 is 0 Å². The van der Waals surface area contributed by atoms with E-state index in [1.165, 1.54) is 12.0 Å². The number of rotatable bonds is 3. The van der Waals surface area contributed by atoms with Crippen LogP contribution in [-0.4, -0.2) is 12.1 Å². The molecule has 1 aliphatic carbocycles. The van der Waals surface area contributed by atoms with Crippen LogP contribution >= 0.6 is 0 Å². The highest BCUT2D eigenvalue weighted by Gasteiger charge is 2.34. The van der Waals surface area contributed by atoms with Gasteiger partial charge in [-0.3, -0.25) is 0 Å². The molecule has 0 bridgehead atoms. The van der Waals surface area contributed by atoms with Crippen LogP contribution in [0.25, 0.3) is 0 Å². The van der Waals surface area contributed by atoms with E-state index >= 15 is 0 Å². The van der Waals surface area contributed by atoms with E-state index < -0.39 is 0 Å². The molecule has 0 aromatic heterocycles. The smallest absolute Gasteiger partial charge is 0.122 e. The lowest BCUT2D eigenvalue weighted by atomic mass is 9.74. The van der Waals surface area contributed by atoms with Crippen LogP contribution in [0, 0.1) is 5.41 Å². The SMILES string of the molecule is CCc1ccccc1OC1CC(C)(C)CCC1N. The van der Waals surface area contributed by atoms with E-state index in [4.69, 9.17) is 10.5 Å². The van der Waals surface area contributed by atoms with Gasteiger partial charge in [-0.1, -0.05) is 39.0 Å². The molecule has 2 nitrogen and oxygen atoms in total. The van der Waals surface area contributed by atoms with Crippen LogP contribution < -0.4 is 10.5 Å². The van der Waals surface area contributed by atoms with Gasteiger partial charge in [0.15, 0.2) is 0 Å². The summed E-state index contributed by atoms with van der Waals surface area (Å²) in [6.07, 6.45) is 4.46. The molecular formula is C16H25NO. The Balaban J connectivity index is 2.12. The summed E-state index contributed by atoms with van der Waals surface area (Å²) in [5, 5.41) is 0. The highest BCUT2D eigenvalue weighted by molar-refractivity contribution is 5.33. The van der Waals surface area contributed by atoms with Gasteiger partial charge in [-0.25, -0.2) is 0 Å². The van der Waals surface area contributed by atoms with E-state index in [1.54, 1.807) is 0 Å². The molecule has 1 aliphatic rings. The predicted molar refractivity (Wildman–Crippen MR) is 75.8 cm³/mol. The second-order valence-corrected chi connectivity index (χ2v) is 6.19. The minimum absolute atomic E-state index is 0.154. The second-order valence-electron chi connectivity index (χ2n) is 6.19. The van der Waals surface area contributed by atoms with Crippen LogP contribution in [0.5, 0.6) is 5.75 Å². The standard InChI is InChI=1S/C16H25NO/c1-4-12-7-5-6-8-14(12)18-15-11-16(2,3)10-9-13(15)17/h5-8,13,15H,4,9-11,17H2,1-3H3. The Bertz CT molecular complexity index is 400. The Morgan fingerprint density at radius 2 is 2.06 bits per heavy atom. The molecule has 1 aromatic carbocycles. The molecule has 100 valence electrons. The number of nitrogens with two attached hydrogens (primary N) is 1. The molecule has 0 aliphatic heterocycles. The fraction of sp³-hybridized carbons (Fsp3) is 0.625. The Kier molecular flexibility index (Phi) is 3.96. The Labute approximate surface area is 111 Å². The molecule has 18 heavy (non-hydrogen) atoms. The fourth-order valence-corrected chi connectivity index (χ4v) is 2.74. The van der Waals surface area contributed by atoms with Crippen molar-refractivity contribution in [1.29, 1.82) is 0 Å². The summed E-state index contributed by atoms with van der Waals surface area (Å²) < 4.78 is 6.20. The van der Waals surface area contributed by atoms with Crippen LogP contribution in [0.3, 0.4) is 0 Å². The lowest BCUT2D eigenvalue weighted by Crippen LogP contribution is -2.46. The van der Waals surface area contributed by atoms with Crippen LogP contribution in [0.15, 0.2) is 24.3 Å². The first-order valence-electron chi connectivity index (χ1n) is 7.02. The highest BCUT2D eigenvalue weighted by atomic mass is 16.5. The number of aryl methyl sites for hydroxylation is 1. The van der Waals surface area contributed by atoms with Crippen molar-refractivity contribution in [3.05, 3.63) is 29.8 Å². The summed E-state index contributed by atoms with van der Waals surface area (Å²) in [6, 6.07) is 8.47. The fourth-order valence-electron chi connectivity index (χ4n) is 2.74. The van der Waals surface area contributed by atoms with Crippen molar-refractivity contribution < 1.29 is 4.74 Å². The molecule has 2 unspecified atom stereocenters. The van der Waals surface area contributed by atoms with E-state index in [2.05, 4.69) is 39.0 Å². The molecule has 2 rings (SSSR count). The lowest BCUT2D eigenvalue weighted by molar-refractivity contribution is 0.0662. The maximum Gasteiger partial charge on any atom is 0.122 e. The van der Waals surface area contributed by atoms with Gasteiger partial charge in [0, 0.05) is 6.04 Å². The third-order valence-corrected chi connectivity index (χ3v) is 4.02. The molecule has 0 heterocycles. The molecule has 1 fully saturated rings. The average Bonchev–Trinajstić information content (AvgIpc) is 2.34. The first-order chi connectivity index (χ1) is 8.52. The zero-order valence-electron chi connectivity index (χ0n) is 11.8. The number of ether oxygens (including phenoxy) is 1. The maximum atomic E-state index is 6.21. The first kappa shape index (κ1) is 13.4. The summed E-state index contributed by atoms with van der Waals surface area (Å²) in [5.74, 6) is 1.01. The van der Waals surface area contributed by atoms with Gasteiger partial charge in [0.2, 0.25) is 0 Å². The third kappa shape index (κ3) is 3.05. The number of hydrogen-bond donors (Lipinski definition) is 1. The zero-order valence-corrected chi connectivity index (χ0v) is 11.8. The predicted octanol–water partition coefficient (Wildman–Crippen LogP) is 3.53. The first-order valence-corrected chi connectivity index (χ1v) is 7.02. The van der Waals surface area contributed by atoms with Gasteiger partial charge in [0.25, 0.3) is 0 Å². The summed E-state index contributed by atoms with van der Waals surface area (Å²) in [6.45, 7) is 6.77. The van der Waals surface area contributed by atoms with Crippen molar-refractivity contribution in [2.24, 2.45) is 11.1 Å². The number of hydrogen-bond acceptors (Lipinski definition) is 2. The highest BCUT2D eigenvalue weighted by Crippen LogP contribution is 2.37. The minimum Gasteiger partial charge on any atom is -0.489 e. The summed E-state index contributed by atoms with van der Waals surface area (Å²) in [7, 11) is 0. The van der Waals surface area contributed by atoms with Gasteiger partial charge in [0.1, 0.15) is 11.9 Å². The van der Waals surface area contributed by atoms with Gasteiger partial charge in [-0.15, -0.1) is 0 Å². The molecule has 1 aromatic rings. The monoisotopic (exact) mass is 247 g/mol. The van der Waals surface area contributed by atoms with E-state index in [0.29, 0.717) is 5.41 Å². The van der Waals surface area contributed by atoms with Crippen molar-refractivity contribution in [3.63, 3.8) is 0 Å². The normalized spacial score (nSPS) is 26.9. The van der Waals surface area contributed by atoms with Gasteiger partial charge in [0.05, 0.1) is 0 Å². The second kappa shape index (κ2) is 5.31. The van der Waals surface area contributed by atoms with Gasteiger partial charge in [-0.2, -0.15) is 0 Å². The summed E-state index contributed by atoms with van der Waals surface area (Å²) >= 11 is 0. The third-order valence-electron chi connectivity index (χ3n) is 4.02. The van der Waals surface area contributed by atoms with E-state index in [1.807, 2.05) is 6.07 Å². The quantitative estimate of drug-likeness (QED) is 0.886. The molecule has 2 heteroatoms. The van der Waals surface area contributed by atoms with Gasteiger partial charge < -0.3 is 10.5 Å². The van der Waals surface area contributed by atoms with Crippen LogP contribution in [0.4, 0.5) is 0 Å². The summed E-state index contributed by atoms with van der Waals surface area (Å²) in [5.41, 5.74) is 7.83. The van der Waals surface area contributed by atoms with Crippen molar-refractivity contribution in [1.82, 2.24) is 0 Å². The molecule has 2 N–H and O–H groups in total. The Hall–Kier alpha value is -1.02. The molecule has 0 spiro atoms. The molecular weight excluding hydrogens is 222 g/mol. The Morgan fingerprint density at radius 3 is 2.78 bits per heavy atom. The molecule has 2 atom stereocenters. The van der Waals surface area contributed by atoms with E-state index in [0.717, 1.165) is 25.0 Å². The van der Waals surface area contributed by atoms with Crippen molar-refractivity contribution in [2.45, 2.75) is 58.6 Å². The molecule has 0 saturated heterocycles. The minimum atomic E-state index is 0.154. The zero-order chi connectivity index (χ0) is 13.2. The maximum absolute atomic E-state index is 6.21. The van der Waals surface area contributed by atoms with Crippen LogP contribution in [0.1, 0.15) is 45.6 Å². The average molecular weight is 247 g/mol. The van der Waals surface area contributed by atoms with Crippen LogP contribution in [-0.2, 0) is 6.42 Å². The number of para-hydroxylation sites is 1. The van der Waals surface area contributed by atoms with Crippen LogP contribution in [0.2, 0.25) is 0 Å². The largest absolute Gasteiger partial charge is 0.489 e. The number of benzene rings is 1. The molecule has 0 amide bonds. The molecule has 1 saturated carbocycles. The molecule has 0 radical (unpaired) electrons. The van der Waals surface area contributed by atoms with Crippen molar-refractivity contribution in [2.75, 3.05) is 0 Å². The van der Waals surface area contributed by atoms with E-state index in [-0.39, 0.29) is 12.1 Å². The van der Waals surface area contributed by atoms with E-state index in [9.17, 15) is 0 Å². The summed E-state index contributed by atoms with van der Waals surface area (Å²) in [4.78, 5) is 0. The lowest BCUT2D eigenvalue weighted by Gasteiger charge is -2.39. The van der Waals surface area contributed by atoms with Gasteiger partial charge in [-0.05, 0) is 42.7 Å². The van der Waals surface area contributed by atoms with Crippen molar-refractivity contribution in [3.8, 4) is 5.75 Å². The topological polar surface area (TPSA) is 35.2 Å².